The van der Waals surface area contributed by atoms with Gasteiger partial charge in [-0.05, 0) is 20.3 Å². The predicted octanol–water partition coefficient (Wildman–Crippen LogP) is 2.80. The maximum atomic E-state index is 5.43. The number of aromatic nitrogens is 1. The third-order valence-corrected chi connectivity index (χ3v) is 2.99. The average Bonchev–Trinajstić information content (AvgIpc) is 2.52. The summed E-state index contributed by atoms with van der Waals surface area (Å²) < 4.78 is 5.43. The van der Waals surface area contributed by atoms with Crippen molar-refractivity contribution in [1.82, 2.24) is 4.98 Å². The van der Waals surface area contributed by atoms with Gasteiger partial charge in [-0.3, -0.25) is 0 Å². The van der Waals surface area contributed by atoms with Gasteiger partial charge in [0.2, 0.25) is 0 Å². The molecule has 0 N–H and O–H groups in total. The molecule has 1 atom stereocenters. The first-order valence-electron chi connectivity index (χ1n) is 4.34. The third-order valence-electron chi connectivity index (χ3n) is 1.68. The fourth-order valence-corrected chi connectivity index (χ4v) is 1.85. The highest BCUT2D eigenvalue weighted by Gasteiger charge is 2.08. The van der Waals surface area contributed by atoms with E-state index in [0.717, 1.165) is 18.0 Å². The minimum Gasteiger partial charge on any atom is -0.372 e. The molecule has 1 rings (SSSR count). The van der Waals surface area contributed by atoms with E-state index in [2.05, 4.69) is 11.9 Å². The SMILES string of the molecule is CCOC(C)c1ncc(CC)s1. The van der Waals surface area contributed by atoms with Gasteiger partial charge >= 0.3 is 0 Å². The summed E-state index contributed by atoms with van der Waals surface area (Å²) >= 11 is 1.74. The lowest BCUT2D eigenvalue weighted by molar-refractivity contribution is 0.0762. The van der Waals surface area contributed by atoms with Crippen LogP contribution in [0.5, 0.6) is 0 Å². The van der Waals surface area contributed by atoms with Crippen molar-refractivity contribution in [3.05, 3.63) is 16.1 Å². The third kappa shape index (κ3) is 2.29. The summed E-state index contributed by atoms with van der Waals surface area (Å²) in [5.74, 6) is 0. The second-order valence-electron chi connectivity index (χ2n) is 2.62. The van der Waals surface area contributed by atoms with Crippen molar-refractivity contribution < 1.29 is 4.74 Å². The molecule has 0 radical (unpaired) electrons. The van der Waals surface area contributed by atoms with Crippen molar-refractivity contribution in [1.29, 1.82) is 0 Å². The highest BCUT2D eigenvalue weighted by molar-refractivity contribution is 7.11. The highest BCUT2D eigenvalue weighted by atomic mass is 32.1. The van der Waals surface area contributed by atoms with Crippen LogP contribution in [0.3, 0.4) is 0 Å². The van der Waals surface area contributed by atoms with Gasteiger partial charge in [0, 0.05) is 17.7 Å². The first-order valence-corrected chi connectivity index (χ1v) is 5.15. The lowest BCUT2D eigenvalue weighted by Crippen LogP contribution is -1.97. The molecule has 0 aliphatic carbocycles. The summed E-state index contributed by atoms with van der Waals surface area (Å²) in [5, 5.41) is 1.09. The Morgan fingerprint density at radius 2 is 2.33 bits per heavy atom. The van der Waals surface area contributed by atoms with Gasteiger partial charge in [-0.15, -0.1) is 11.3 Å². The van der Waals surface area contributed by atoms with Crippen molar-refractivity contribution in [3.8, 4) is 0 Å². The Bertz CT molecular complexity index is 234. The summed E-state index contributed by atoms with van der Waals surface area (Å²) in [5.41, 5.74) is 0. The van der Waals surface area contributed by atoms with E-state index in [0.29, 0.717) is 0 Å². The van der Waals surface area contributed by atoms with Crippen molar-refractivity contribution >= 4 is 11.3 Å². The topological polar surface area (TPSA) is 22.1 Å². The molecule has 2 nitrogen and oxygen atoms in total. The van der Waals surface area contributed by atoms with E-state index in [-0.39, 0.29) is 6.10 Å². The predicted molar refractivity (Wildman–Crippen MR) is 51.5 cm³/mol. The normalized spacial score (nSPS) is 13.2. The zero-order chi connectivity index (χ0) is 8.97. The van der Waals surface area contributed by atoms with Gasteiger partial charge in [0.05, 0.1) is 0 Å². The molecule has 1 unspecified atom stereocenters. The van der Waals surface area contributed by atoms with Crippen LogP contribution in [-0.2, 0) is 11.2 Å². The molecule has 0 aliphatic heterocycles. The van der Waals surface area contributed by atoms with E-state index in [9.17, 15) is 0 Å². The quantitative estimate of drug-likeness (QED) is 0.719. The molecule has 0 bridgehead atoms. The van der Waals surface area contributed by atoms with Crippen molar-refractivity contribution in [3.63, 3.8) is 0 Å². The zero-order valence-corrected chi connectivity index (χ0v) is 8.65. The highest BCUT2D eigenvalue weighted by Crippen LogP contribution is 2.22. The molecule has 3 heteroatoms. The smallest absolute Gasteiger partial charge is 0.121 e. The summed E-state index contributed by atoms with van der Waals surface area (Å²) in [6, 6.07) is 0. The van der Waals surface area contributed by atoms with Crippen LogP contribution < -0.4 is 0 Å². The lowest BCUT2D eigenvalue weighted by Gasteiger charge is -2.06. The first-order chi connectivity index (χ1) is 5.77. The molecule has 1 aromatic heterocycles. The van der Waals surface area contributed by atoms with Gasteiger partial charge in [0.1, 0.15) is 11.1 Å². The summed E-state index contributed by atoms with van der Waals surface area (Å²) in [6.07, 6.45) is 3.16. The Hall–Kier alpha value is -0.410. The summed E-state index contributed by atoms with van der Waals surface area (Å²) in [7, 11) is 0. The number of ether oxygens (including phenoxy) is 1. The van der Waals surface area contributed by atoms with Gasteiger partial charge in [-0.25, -0.2) is 4.98 Å². The van der Waals surface area contributed by atoms with Gasteiger partial charge in [-0.1, -0.05) is 6.92 Å². The number of hydrogen-bond donors (Lipinski definition) is 0. The van der Waals surface area contributed by atoms with Gasteiger partial charge in [-0.2, -0.15) is 0 Å². The Labute approximate surface area is 77.6 Å². The number of aryl methyl sites for hydroxylation is 1. The first kappa shape index (κ1) is 9.68. The van der Waals surface area contributed by atoms with Gasteiger partial charge < -0.3 is 4.74 Å². The monoisotopic (exact) mass is 185 g/mol. The summed E-state index contributed by atoms with van der Waals surface area (Å²) in [6.45, 7) is 6.94. The molecule has 1 aromatic rings. The molecule has 0 saturated heterocycles. The molecule has 0 spiro atoms. The van der Waals surface area contributed by atoms with Crippen LogP contribution in [0.1, 0.15) is 36.8 Å². The molecule has 0 saturated carbocycles. The lowest BCUT2D eigenvalue weighted by atomic mass is 10.4. The van der Waals surface area contributed by atoms with E-state index in [1.807, 2.05) is 20.0 Å². The van der Waals surface area contributed by atoms with Crippen LogP contribution in [0.25, 0.3) is 0 Å². The average molecular weight is 185 g/mol. The number of nitrogens with zero attached hydrogens (tertiary/aromatic N) is 1. The zero-order valence-electron chi connectivity index (χ0n) is 7.83. The van der Waals surface area contributed by atoms with Crippen molar-refractivity contribution in [2.45, 2.75) is 33.3 Å². The van der Waals surface area contributed by atoms with E-state index in [4.69, 9.17) is 4.74 Å². The van der Waals surface area contributed by atoms with Gasteiger partial charge in [0.25, 0.3) is 0 Å². The molecule has 0 aromatic carbocycles. The maximum Gasteiger partial charge on any atom is 0.121 e. The molecule has 68 valence electrons. The minimum absolute atomic E-state index is 0.153. The Morgan fingerprint density at radius 3 is 2.83 bits per heavy atom. The van der Waals surface area contributed by atoms with Crippen LogP contribution in [0, 0.1) is 0 Å². The van der Waals surface area contributed by atoms with E-state index >= 15 is 0 Å². The van der Waals surface area contributed by atoms with Crippen molar-refractivity contribution in [2.24, 2.45) is 0 Å². The molecular formula is C9H15NOS. The maximum absolute atomic E-state index is 5.43. The van der Waals surface area contributed by atoms with Crippen LogP contribution in [0.2, 0.25) is 0 Å². The fraction of sp³-hybridized carbons (Fsp3) is 0.667. The number of hydrogen-bond acceptors (Lipinski definition) is 3. The van der Waals surface area contributed by atoms with Crippen LogP contribution >= 0.6 is 11.3 Å². The Balaban J connectivity index is 2.61. The second-order valence-corrected chi connectivity index (χ2v) is 3.76. The number of rotatable bonds is 4. The molecule has 0 fully saturated rings. The van der Waals surface area contributed by atoms with Gasteiger partial charge in [0.15, 0.2) is 0 Å². The van der Waals surface area contributed by atoms with E-state index in [1.54, 1.807) is 11.3 Å². The van der Waals surface area contributed by atoms with E-state index in [1.165, 1.54) is 4.88 Å². The van der Waals surface area contributed by atoms with Crippen LogP contribution in [0.4, 0.5) is 0 Å². The van der Waals surface area contributed by atoms with Crippen molar-refractivity contribution in [2.75, 3.05) is 6.61 Å². The largest absolute Gasteiger partial charge is 0.372 e. The van der Waals surface area contributed by atoms with Crippen LogP contribution in [0.15, 0.2) is 6.20 Å². The van der Waals surface area contributed by atoms with Crippen LogP contribution in [-0.4, -0.2) is 11.6 Å². The second kappa shape index (κ2) is 4.58. The number of thiazole rings is 1. The standard InChI is InChI=1S/C9H15NOS/c1-4-8-6-10-9(12-8)7(3)11-5-2/h6-7H,4-5H2,1-3H3. The summed E-state index contributed by atoms with van der Waals surface area (Å²) in [4.78, 5) is 5.63. The Morgan fingerprint density at radius 1 is 1.58 bits per heavy atom. The molecule has 0 amide bonds. The molecule has 0 aliphatic rings. The molecular weight excluding hydrogens is 170 g/mol. The molecule has 1 heterocycles. The minimum atomic E-state index is 0.153. The van der Waals surface area contributed by atoms with E-state index < -0.39 is 0 Å². The Kier molecular flexibility index (Phi) is 3.69. The molecule has 12 heavy (non-hydrogen) atoms. The fourth-order valence-electron chi connectivity index (χ4n) is 0.995.